The Morgan fingerprint density at radius 1 is 0.625 bits per heavy atom. The number of esters is 4. The van der Waals surface area contributed by atoms with Crippen molar-refractivity contribution in [2.45, 2.75) is 84.0 Å². The molecule has 0 spiro atoms. The number of rotatable bonds is 14. The Hall–Kier alpha value is -2.32. The number of aliphatic hydroxyl groups excluding tert-OH is 4. The smallest absolute Gasteiger partial charge is 0.336 e. The minimum atomic E-state index is -1.55. The van der Waals surface area contributed by atoms with Crippen molar-refractivity contribution in [3.63, 3.8) is 0 Å². The molecule has 0 aromatic heterocycles. The molecule has 0 aromatic carbocycles. The molecule has 186 valence electrons. The Balaban J connectivity index is 5.36. The van der Waals surface area contributed by atoms with Crippen molar-refractivity contribution in [3.8, 4) is 0 Å². The topological polar surface area (TPSA) is 195 Å². The fourth-order valence-corrected chi connectivity index (χ4v) is 1.96. The van der Waals surface area contributed by atoms with Gasteiger partial charge < -0.3 is 44.1 Å². The van der Waals surface area contributed by atoms with E-state index in [0.29, 0.717) is 0 Å². The average Bonchev–Trinajstić information content (AvgIpc) is 2.69. The number of carbonyl (C=O) groups is 4. The van der Waals surface area contributed by atoms with Crippen LogP contribution in [0.2, 0.25) is 0 Å². The largest absolute Gasteiger partial charge is 0.460 e. The van der Waals surface area contributed by atoms with E-state index in [1.807, 2.05) is 0 Å². The maximum absolute atomic E-state index is 11.9. The second kappa shape index (κ2) is 14.7. The van der Waals surface area contributed by atoms with Gasteiger partial charge in [-0.1, -0.05) is 0 Å². The molecule has 0 saturated carbocycles. The van der Waals surface area contributed by atoms with E-state index in [-0.39, 0.29) is 13.0 Å². The van der Waals surface area contributed by atoms with E-state index in [0.717, 1.165) is 20.8 Å². The molecule has 4 N–H and O–H groups in total. The first-order valence-electron chi connectivity index (χ1n) is 9.88. The molecule has 0 fully saturated rings. The molecule has 0 aliphatic rings. The molecule has 0 radical (unpaired) electrons. The molecule has 32 heavy (non-hydrogen) atoms. The summed E-state index contributed by atoms with van der Waals surface area (Å²) in [6, 6.07) is 0. The van der Waals surface area contributed by atoms with E-state index in [2.05, 4.69) is 0 Å². The number of carbonyl (C=O) groups excluding carboxylic acids is 4. The lowest BCUT2D eigenvalue weighted by atomic mass is 10.1. The highest BCUT2D eigenvalue weighted by atomic mass is 16.7. The van der Waals surface area contributed by atoms with Gasteiger partial charge in [0.15, 0.2) is 12.4 Å². The molecule has 0 bridgehead atoms. The maximum Gasteiger partial charge on any atom is 0.336 e. The summed E-state index contributed by atoms with van der Waals surface area (Å²) in [5.41, 5.74) is 0. The van der Waals surface area contributed by atoms with E-state index < -0.39 is 73.4 Å². The van der Waals surface area contributed by atoms with Crippen molar-refractivity contribution < 1.29 is 63.3 Å². The van der Waals surface area contributed by atoms with Gasteiger partial charge in [-0.15, -0.1) is 0 Å². The summed E-state index contributed by atoms with van der Waals surface area (Å²) in [5.74, 6) is -4.16. The molecule has 0 aliphatic carbocycles. The van der Waals surface area contributed by atoms with Gasteiger partial charge in [0.25, 0.3) is 0 Å². The fourth-order valence-electron chi connectivity index (χ4n) is 1.96. The normalized spacial score (nSPS) is 17.7. The number of aliphatic hydroxyl groups is 4. The van der Waals surface area contributed by atoms with Crippen LogP contribution in [0.4, 0.5) is 0 Å². The summed E-state index contributed by atoms with van der Waals surface area (Å²) in [4.78, 5) is 46.7. The molecule has 0 rings (SSSR count). The van der Waals surface area contributed by atoms with Gasteiger partial charge in [-0.05, 0) is 34.6 Å². The average molecular weight is 468 g/mol. The highest BCUT2D eigenvalue weighted by Crippen LogP contribution is 2.14. The highest BCUT2D eigenvalue weighted by molar-refractivity contribution is 5.75. The molecule has 13 nitrogen and oxygen atoms in total. The zero-order valence-electron chi connectivity index (χ0n) is 18.6. The SMILES string of the molecule is CC(OCCC(OC(=O)C(C)O)C(COC(=O)C(C)O)OC(=O)C(C)O)OC(=O)C(C)O. The standard InChI is InChI=1S/C19H32O13/c1-9(20)16(24)29-8-15(32-19(27)12(4)23)14(31-18(26)11(3)22)6-7-28-13(5)30-17(25)10(2)21/h9-15,20-23H,6-8H2,1-5H3. The summed E-state index contributed by atoms with van der Waals surface area (Å²) < 4.78 is 25.1. The predicted octanol–water partition coefficient (Wildman–Crippen LogP) is -1.83. The van der Waals surface area contributed by atoms with E-state index >= 15 is 0 Å². The zero-order chi connectivity index (χ0) is 25.0. The Morgan fingerprint density at radius 3 is 1.47 bits per heavy atom. The third-order valence-electron chi connectivity index (χ3n) is 3.74. The number of hydrogen-bond acceptors (Lipinski definition) is 13. The lowest BCUT2D eigenvalue weighted by Crippen LogP contribution is -2.43. The molecular formula is C19H32O13. The van der Waals surface area contributed by atoms with Crippen LogP contribution in [0.3, 0.4) is 0 Å². The van der Waals surface area contributed by atoms with Crippen LogP contribution in [-0.4, -0.2) is 100 Å². The molecule has 7 unspecified atom stereocenters. The van der Waals surface area contributed by atoms with Crippen LogP contribution in [0.5, 0.6) is 0 Å². The molecule has 0 saturated heterocycles. The minimum absolute atomic E-state index is 0.182. The van der Waals surface area contributed by atoms with Gasteiger partial charge in [-0.2, -0.15) is 0 Å². The minimum Gasteiger partial charge on any atom is -0.460 e. The molecule has 0 aliphatic heterocycles. The Morgan fingerprint density at radius 2 is 1.03 bits per heavy atom. The third kappa shape index (κ3) is 11.9. The first kappa shape index (κ1) is 29.7. The summed E-state index contributed by atoms with van der Waals surface area (Å²) in [6.45, 7) is 5.11. The maximum atomic E-state index is 11.9. The molecule has 0 amide bonds. The molecule has 0 heterocycles. The first-order chi connectivity index (χ1) is 14.8. The summed E-state index contributed by atoms with van der Waals surface area (Å²) in [6.07, 6.45) is -9.94. The fraction of sp³-hybridized carbons (Fsp3) is 0.789. The van der Waals surface area contributed by atoms with Crippen molar-refractivity contribution in [2.24, 2.45) is 0 Å². The summed E-state index contributed by atoms with van der Waals surface area (Å²) in [7, 11) is 0. The van der Waals surface area contributed by atoms with Crippen LogP contribution in [-0.2, 0) is 42.9 Å². The quantitative estimate of drug-likeness (QED) is 0.126. The Labute approximate surface area is 185 Å². The van der Waals surface area contributed by atoms with Crippen LogP contribution in [0.1, 0.15) is 41.0 Å². The molecule has 7 atom stereocenters. The first-order valence-corrected chi connectivity index (χ1v) is 9.88. The van der Waals surface area contributed by atoms with Crippen LogP contribution >= 0.6 is 0 Å². The highest BCUT2D eigenvalue weighted by Gasteiger charge is 2.33. The van der Waals surface area contributed by atoms with E-state index in [1.54, 1.807) is 0 Å². The van der Waals surface area contributed by atoms with Crippen molar-refractivity contribution in [3.05, 3.63) is 0 Å². The van der Waals surface area contributed by atoms with E-state index in [4.69, 9.17) is 28.8 Å². The third-order valence-corrected chi connectivity index (χ3v) is 3.74. The monoisotopic (exact) mass is 468 g/mol. The number of hydrogen-bond donors (Lipinski definition) is 4. The van der Waals surface area contributed by atoms with Gasteiger partial charge in [0.2, 0.25) is 0 Å². The second-order valence-electron chi connectivity index (χ2n) is 6.95. The van der Waals surface area contributed by atoms with Crippen molar-refractivity contribution in [1.82, 2.24) is 0 Å². The Kier molecular flexibility index (Phi) is 13.6. The molecule has 0 aromatic rings. The van der Waals surface area contributed by atoms with Crippen molar-refractivity contribution in [1.29, 1.82) is 0 Å². The van der Waals surface area contributed by atoms with Crippen LogP contribution < -0.4 is 0 Å². The van der Waals surface area contributed by atoms with Crippen molar-refractivity contribution in [2.75, 3.05) is 13.2 Å². The van der Waals surface area contributed by atoms with Gasteiger partial charge in [0.1, 0.15) is 37.1 Å². The van der Waals surface area contributed by atoms with Crippen LogP contribution in [0.15, 0.2) is 0 Å². The second-order valence-corrected chi connectivity index (χ2v) is 6.95. The van der Waals surface area contributed by atoms with Crippen LogP contribution in [0.25, 0.3) is 0 Å². The summed E-state index contributed by atoms with van der Waals surface area (Å²) >= 11 is 0. The molecule has 13 heteroatoms. The van der Waals surface area contributed by atoms with Gasteiger partial charge >= 0.3 is 23.9 Å². The molecular weight excluding hydrogens is 436 g/mol. The number of ether oxygens (including phenoxy) is 5. The van der Waals surface area contributed by atoms with Gasteiger partial charge in [0.05, 0.1) is 6.61 Å². The van der Waals surface area contributed by atoms with Crippen molar-refractivity contribution >= 4 is 23.9 Å². The summed E-state index contributed by atoms with van der Waals surface area (Å²) in [5, 5.41) is 37.2. The lowest BCUT2D eigenvalue weighted by molar-refractivity contribution is -0.192. The van der Waals surface area contributed by atoms with Gasteiger partial charge in [-0.3, -0.25) is 0 Å². The lowest BCUT2D eigenvalue weighted by Gasteiger charge is -2.28. The van der Waals surface area contributed by atoms with Gasteiger partial charge in [0, 0.05) is 6.42 Å². The van der Waals surface area contributed by atoms with Crippen LogP contribution in [0, 0.1) is 0 Å². The zero-order valence-corrected chi connectivity index (χ0v) is 18.6. The predicted molar refractivity (Wildman–Crippen MR) is 104 cm³/mol. The van der Waals surface area contributed by atoms with E-state index in [9.17, 15) is 34.5 Å². The Bertz CT molecular complexity index is 614. The van der Waals surface area contributed by atoms with Gasteiger partial charge in [-0.25, -0.2) is 19.2 Å². The van der Waals surface area contributed by atoms with E-state index in [1.165, 1.54) is 13.8 Å².